The molecule has 0 aliphatic heterocycles. The van der Waals surface area contributed by atoms with Crippen LogP contribution in [-0.4, -0.2) is 58.1 Å². The third-order valence-corrected chi connectivity index (χ3v) is 4.01. The van der Waals surface area contributed by atoms with Gasteiger partial charge in [-0.25, -0.2) is 9.59 Å². The topological polar surface area (TPSA) is 136 Å². The number of ketones is 2. The summed E-state index contributed by atoms with van der Waals surface area (Å²) in [6, 6.07) is 8.21. The van der Waals surface area contributed by atoms with Gasteiger partial charge in [0.25, 0.3) is 11.6 Å². The second-order valence-electron chi connectivity index (χ2n) is 5.93. The predicted molar refractivity (Wildman–Crippen MR) is 97.5 cm³/mol. The molecule has 2 unspecified atom stereocenters. The monoisotopic (exact) mass is 404 g/mol. The van der Waals surface area contributed by atoms with Crippen LogP contribution >= 0.6 is 0 Å². The number of aliphatic hydroxyl groups is 2. The van der Waals surface area contributed by atoms with E-state index < -0.39 is 34.7 Å². The zero-order chi connectivity index (χ0) is 21.7. The van der Waals surface area contributed by atoms with Gasteiger partial charge in [-0.3, -0.25) is 9.59 Å². The Morgan fingerprint density at radius 3 is 1.90 bits per heavy atom. The highest BCUT2D eigenvalue weighted by atomic mass is 16.5. The smallest absolute Gasteiger partial charge is 0.378 e. The van der Waals surface area contributed by atoms with Gasteiger partial charge in [0.2, 0.25) is 0 Å². The van der Waals surface area contributed by atoms with Crippen molar-refractivity contribution in [2.75, 3.05) is 13.2 Å². The van der Waals surface area contributed by atoms with E-state index in [1.54, 1.807) is 30.3 Å². The molecule has 2 rings (SSSR count). The minimum atomic E-state index is -3.16. The van der Waals surface area contributed by atoms with Crippen molar-refractivity contribution in [2.24, 2.45) is 0 Å². The molecule has 0 spiro atoms. The fourth-order valence-corrected chi connectivity index (χ4v) is 2.57. The van der Waals surface area contributed by atoms with Gasteiger partial charge in [0.05, 0.1) is 13.2 Å². The molecule has 154 valence electrons. The number of hydrogen-bond acceptors (Lipinski definition) is 9. The van der Waals surface area contributed by atoms with Crippen LogP contribution in [0.4, 0.5) is 0 Å². The van der Waals surface area contributed by atoms with Gasteiger partial charge in [-0.1, -0.05) is 18.2 Å². The Hall–Kier alpha value is -3.30. The first-order valence-electron chi connectivity index (χ1n) is 8.72. The normalized spacial score (nSPS) is 23.0. The number of Topliss-reactive ketones (excluding diaryl/α,β-unsaturated/α-hetero) is 2. The number of allylic oxidation sites excluding steroid dienone is 1. The molecule has 9 heteroatoms. The van der Waals surface area contributed by atoms with Crippen LogP contribution < -0.4 is 4.74 Å². The van der Waals surface area contributed by atoms with Crippen molar-refractivity contribution < 1.29 is 43.6 Å². The van der Waals surface area contributed by atoms with Gasteiger partial charge in [0.1, 0.15) is 11.5 Å². The summed E-state index contributed by atoms with van der Waals surface area (Å²) in [6.45, 7) is 2.46. The second kappa shape index (κ2) is 8.80. The third kappa shape index (κ3) is 4.25. The number of esters is 2. The molecule has 0 bridgehead atoms. The molecule has 0 aromatic heterocycles. The zero-order valence-corrected chi connectivity index (χ0v) is 15.8. The van der Waals surface area contributed by atoms with Crippen molar-refractivity contribution in [2.45, 2.75) is 25.0 Å². The van der Waals surface area contributed by atoms with Crippen LogP contribution in [-0.2, 0) is 28.7 Å². The largest absolute Gasteiger partial charge is 0.460 e. The molecule has 0 heterocycles. The molecule has 2 atom stereocenters. The van der Waals surface area contributed by atoms with Gasteiger partial charge < -0.3 is 24.4 Å². The van der Waals surface area contributed by atoms with Gasteiger partial charge in [-0.05, 0) is 38.1 Å². The summed E-state index contributed by atoms with van der Waals surface area (Å²) in [4.78, 5) is 48.9. The Kier molecular flexibility index (Phi) is 6.68. The van der Waals surface area contributed by atoms with E-state index in [0.29, 0.717) is 17.9 Å². The van der Waals surface area contributed by atoms with E-state index in [1.165, 1.54) is 13.8 Å². The van der Waals surface area contributed by atoms with Crippen LogP contribution in [0.1, 0.15) is 13.8 Å². The molecule has 0 fully saturated rings. The van der Waals surface area contributed by atoms with Gasteiger partial charge in [0, 0.05) is 6.08 Å². The van der Waals surface area contributed by atoms with Crippen molar-refractivity contribution in [3.8, 4) is 5.75 Å². The first kappa shape index (κ1) is 22.0. The molecule has 9 nitrogen and oxygen atoms in total. The Labute approximate surface area is 166 Å². The summed E-state index contributed by atoms with van der Waals surface area (Å²) in [5.74, 6) is -6.12. The SMILES string of the molecule is CCOC(=O)C(=O)C1(O)C=CC(Oc2ccccc2)=CC1(O)C(=O)C(=O)OCC. The Bertz CT molecular complexity index is 871. The predicted octanol–water partition coefficient (Wildman–Crippen LogP) is 0.246. The maximum atomic E-state index is 12.6. The summed E-state index contributed by atoms with van der Waals surface area (Å²) < 4.78 is 14.6. The quantitative estimate of drug-likeness (QED) is 0.461. The van der Waals surface area contributed by atoms with Gasteiger partial charge >= 0.3 is 11.9 Å². The lowest BCUT2D eigenvalue weighted by Crippen LogP contribution is -2.66. The highest BCUT2D eigenvalue weighted by Gasteiger charge is 2.62. The summed E-state index contributed by atoms with van der Waals surface area (Å²) in [5.41, 5.74) is -6.27. The minimum absolute atomic E-state index is 0.155. The number of hydrogen-bond donors (Lipinski definition) is 2. The number of carbonyl (C=O) groups excluding carboxylic acids is 4. The standard InChI is InChI=1S/C20H20O9/c1-3-27-17(23)15(21)19(25)11-10-14(29-13-8-6-5-7-9-13)12-20(19,26)16(22)18(24)28-4-2/h5-12,25-26H,3-4H2,1-2H3. The van der Waals surface area contributed by atoms with Gasteiger partial charge in [-0.15, -0.1) is 0 Å². The third-order valence-electron chi connectivity index (χ3n) is 4.01. The number of para-hydroxylation sites is 1. The van der Waals surface area contributed by atoms with E-state index >= 15 is 0 Å². The number of ether oxygens (including phenoxy) is 3. The lowest BCUT2D eigenvalue weighted by atomic mass is 9.73. The average Bonchev–Trinajstić information content (AvgIpc) is 2.70. The fraction of sp³-hybridized carbons (Fsp3) is 0.300. The summed E-state index contributed by atoms with van der Waals surface area (Å²) in [5, 5.41) is 21.8. The summed E-state index contributed by atoms with van der Waals surface area (Å²) in [7, 11) is 0. The minimum Gasteiger partial charge on any atom is -0.460 e. The van der Waals surface area contributed by atoms with Crippen molar-refractivity contribution in [3.05, 3.63) is 54.3 Å². The average molecular weight is 404 g/mol. The van der Waals surface area contributed by atoms with E-state index in [2.05, 4.69) is 9.47 Å². The van der Waals surface area contributed by atoms with Crippen LogP contribution in [0.2, 0.25) is 0 Å². The van der Waals surface area contributed by atoms with E-state index in [1.807, 2.05) is 0 Å². The lowest BCUT2D eigenvalue weighted by molar-refractivity contribution is -0.179. The number of benzene rings is 1. The van der Waals surface area contributed by atoms with E-state index in [9.17, 15) is 29.4 Å². The highest BCUT2D eigenvalue weighted by molar-refractivity contribution is 6.43. The molecular formula is C20H20O9. The van der Waals surface area contributed by atoms with Crippen molar-refractivity contribution in [3.63, 3.8) is 0 Å². The highest BCUT2D eigenvalue weighted by Crippen LogP contribution is 2.35. The lowest BCUT2D eigenvalue weighted by Gasteiger charge is -2.37. The Morgan fingerprint density at radius 2 is 1.38 bits per heavy atom. The Morgan fingerprint density at radius 1 is 0.862 bits per heavy atom. The zero-order valence-electron chi connectivity index (χ0n) is 15.8. The maximum Gasteiger partial charge on any atom is 0.378 e. The van der Waals surface area contributed by atoms with E-state index in [4.69, 9.17) is 4.74 Å². The molecular weight excluding hydrogens is 384 g/mol. The van der Waals surface area contributed by atoms with E-state index in [0.717, 1.165) is 6.08 Å². The fourth-order valence-electron chi connectivity index (χ4n) is 2.57. The molecule has 1 aromatic carbocycles. The van der Waals surface area contributed by atoms with Crippen LogP contribution in [0.3, 0.4) is 0 Å². The van der Waals surface area contributed by atoms with Crippen molar-refractivity contribution in [1.82, 2.24) is 0 Å². The molecule has 1 aliphatic carbocycles. The van der Waals surface area contributed by atoms with Crippen LogP contribution in [0.25, 0.3) is 0 Å². The molecule has 1 aromatic rings. The van der Waals surface area contributed by atoms with Crippen LogP contribution in [0.15, 0.2) is 54.3 Å². The maximum absolute atomic E-state index is 12.6. The summed E-state index contributed by atoms with van der Waals surface area (Å²) >= 11 is 0. The number of rotatable bonds is 8. The second-order valence-corrected chi connectivity index (χ2v) is 5.93. The Balaban J connectivity index is 2.50. The van der Waals surface area contributed by atoms with Gasteiger partial charge in [-0.2, -0.15) is 0 Å². The molecule has 0 saturated carbocycles. The van der Waals surface area contributed by atoms with Crippen molar-refractivity contribution in [1.29, 1.82) is 0 Å². The van der Waals surface area contributed by atoms with Crippen LogP contribution in [0, 0.1) is 0 Å². The molecule has 1 aliphatic rings. The summed E-state index contributed by atoms with van der Waals surface area (Å²) in [6.07, 6.45) is 2.45. The van der Waals surface area contributed by atoms with Gasteiger partial charge in [0.15, 0.2) is 11.2 Å². The molecule has 0 radical (unpaired) electrons. The molecule has 29 heavy (non-hydrogen) atoms. The first-order chi connectivity index (χ1) is 13.7. The first-order valence-corrected chi connectivity index (χ1v) is 8.72. The van der Waals surface area contributed by atoms with E-state index in [-0.39, 0.29) is 19.0 Å². The molecule has 2 N–H and O–H groups in total. The van der Waals surface area contributed by atoms with Crippen molar-refractivity contribution >= 4 is 23.5 Å². The number of carbonyl (C=O) groups is 4. The molecule has 0 saturated heterocycles. The molecule has 0 amide bonds. The van der Waals surface area contributed by atoms with Crippen LogP contribution in [0.5, 0.6) is 5.75 Å².